The van der Waals surface area contributed by atoms with Crippen molar-refractivity contribution in [2.75, 3.05) is 31.3 Å². The molecule has 0 unspecified atom stereocenters. The molecule has 6 nitrogen and oxygen atoms in total. The average molecular weight is 308 g/mol. The van der Waals surface area contributed by atoms with Gasteiger partial charge < -0.3 is 20.5 Å². The maximum atomic E-state index is 12.2. The standard InChI is InChI=1S/C11H14F2N2O4S/c1-3-19-11(17)8-7(14)6(10(16)18-2)9(20-8)15-4-5(12)13/h5,15H,3-4,14H2,1-2H3. The second-order valence-electron chi connectivity index (χ2n) is 3.53. The van der Waals surface area contributed by atoms with E-state index in [4.69, 9.17) is 10.5 Å². The van der Waals surface area contributed by atoms with Crippen LogP contribution in [0.3, 0.4) is 0 Å². The van der Waals surface area contributed by atoms with Gasteiger partial charge in [0.2, 0.25) is 0 Å². The predicted octanol–water partition coefficient (Wildman–Crippen LogP) is 1.97. The summed E-state index contributed by atoms with van der Waals surface area (Å²) < 4.78 is 33.8. The fraction of sp³-hybridized carbons (Fsp3) is 0.455. The van der Waals surface area contributed by atoms with Gasteiger partial charge in [-0.3, -0.25) is 0 Å². The summed E-state index contributed by atoms with van der Waals surface area (Å²) in [6.07, 6.45) is -2.62. The molecule has 0 fully saturated rings. The summed E-state index contributed by atoms with van der Waals surface area (Å²) >= 11 is 0.775. The third-order valence-electron chi connectivity index (χ3n) is 2.21. The first-order valence-corrected chi connectivity index (χ1v) is 6.43. The van der Waals surface area contributed by atoms with Gasteiger partial charge in [0.15, 0.2) is 0 Å². The van der Waals surface area contributed by atoms with Gasteiger partial charge in [0, 0.05) is 0 Å². The lowest BCUT2D eigenvalue weighted by Crippen LogP contribution is -2.13. The van der Waals surface area contributed by atoms with Crippen LogP contribution in [0.4, 0.5) is 19.5 Å². The van der Waals surface area contributed by atoms with Crippen molar-refractivity contribution in [3.8, 4) is 0 Å². The zero-order chi connectivity index (χ0) is 15.3. The Morgan fingerprint density at radius 2 is 2.05 bits per heavy atom. The first-order chi connectivity index (χ1) is 9.42. The van der Waals surface area contributed by atoms with E-state index in [1.807, 2.05) is 0 Å². The van der Waals surface area contributed by atoms with Crippen LogP contribution in [0.2, 0.25) is 0 Å². The number of anilines is 2. The zero-order valence-corrected chi connectivity index (χ0v) is 11.7. The zero-order valence-electron chi connectivity index (χ0n) is 10.9. The predicted molar refractivity (Wildman–Crippen MR) is 70.5 cm³/mol. The van der Waals surface area contributed by atoms with Crippen LogP contribution in [-0.2, 0) is 9.47 Å². The van der Waals surface area contributed by atoms with Crippen molar-refractivity contribution in [3.05, 3.63) is 10.4 Å². The molecule has 0 spiro atoms. The molecule has 0 amide bonds. The Morgan fingerprint density at radius 1 is 1.40 bits per heavy atom. The summed E-state index contributed by atoms with van der Waals surface area (Å²) in [6, 6.07) is 0. The Balaban J connectivity index is 3.16. The maximum Gasteiger partial charge on any atom is 0.350 e. The van der Waals surface area contributed by atoms with Gasteiger partial charge in [0.25, 0.3) is 6.43 Å². The van der Waals surface area contributed by atoms with E-state index in [0.29, 0.717) is 0 Å². The van der Waals surface area contributed by atoms with Crippen molar-refractivity contribution < 1.29 is 27.8 Å². The largest absolute Gasteiger partial charge is 0.465 e. The van der Waals surface area contributed by atoms with Gasteiger partial charge in [-0.1, -0.05) is 0 Å². The molecule has 0 atom stereocenters. The number of nitrogens with two attached hydrogens (primary N) is 1. The van der Waals surface area contributed by atoms with E-state index >= 15 is 0 Å². The Hall–Kier alpha value is -1.90. The van der Waals surface area contributed by atoms with E-state index in [1.54, 1.807) is 6.92 Å². The van der Waals surface area contributed by atoms with Crippen molar-refractivity contribution >= 4 is 34.0 Å². The molecule has 1 aromatic heterocycles. The minimum Gasteiger partial charge on any atom is -0.465 e. The van der Waals surface area contributed by atoms with E-state index < -0.39 is 24.9 Å². The molecular weight excluding hydrogens is 294 g/mol. The van der Waals surface area contributed by atoms with Crippen LogP contribution in [0.1, 0.15) is 27.0 Å². The minimum atomic E-state index is -2.62. The third kappa shape index (κ3) is 3.56. The molecule has 112 valence electrons. The van der Waals surface area contributed by atoms with Crippen molar-refractivity contribution in [2.24, 2.45) is 0 Å². The van der Waals surface area contributed by atoms with E-state index in [1.165, 1.54) is 0 Å². The quantitative estimate of drug-likeness (QED) is 0.781. The van der Waals surface area contributed by atoms with Crippen molar-refractivity contribution in [1.82, 2.24) is 0 Å². The third-order valence-corrected chi connectivity index (χ3v) is 3.36. The number of thiophene rings is 1. The molecule has 0 aliphatic carbocycles. The second-order valence-corrected chi connectivity index (χ2v) is 4.55. The van der Waals surface area contributed by atoms with Crippen molar-refractivity contribution in [3.63, 3.8) is 0 Å². The molecule has 9 heteroatoms. The highest BCUT2D eigenvalue weighted by Gasteiger charge is 2.27. The first-order valence-electron chi connectivity index (χ1n) is 5.62. The molecule has 1 heterocycles. The van der Waals surface area contributed by atoms with Crippen LogP contribution >= 0.6 is 11.3 Å². The Labute approximate surface area is 117 Å². The molecule has 0 saturated carbocycles. The first kappa shape index (κ1) is 16.2. The summed E-state index contributed by atoms with van der Waals surface area (Å²) in [7, 11) is 1.13. The lowest BCUT2D eigenvalue weighted by Gasteiger charge is -2.05. The summed E-state index contributed by atoms with van der Waals surface area (Å²) in [5, 5.41) is 2.42. The van der Waals surface area contributed by atoms with Crippen LogP contribution in [0, 0.1) is 0 Å². The number of esters is 2. The lowest BCUT2D eigenvalue weighted by molar-refractivity contribution is 0.0533. The van der Waals surface area contributed by atoms with E-state index in [0.717, 1.165) is 18.4 Å². The summed E-state index contributed by atoms with van der Waals surface area (Å²) in [4.78, 5) is 23.3. The number of hydrogen-bond donors (Lipinski definition) is 2. The van der Waals surface area contributed by atoms with E-state index in [2.05, 4.69) is 10.1 Å². The van der Waals surface area contributed by atoms with Gasteiger partial charge in [-0.2, -0.15) is 0 Å². The second kappa shape index (κ2) is 7.04. The minimum absolute atomic E-state index is 0.0241. The SMILES string of the molecule is CCOC(=O)c1sc(NCC(F)F)c(C(=O)OC)c1N. The van der Waals surface area contributed by atoms with Crippen LogP contribution in [0.25, 0.3) is 0 Å². The van der Waals surface area contributed by atoms with Crippen LogP contribution in [0.5, 0.6) is 0 Å². The number of methoxy groups -OCH3 is 1. The molecule has 3 N–H and O–H groups in total. The normalized spacial score (nSPS) is 10.4. The Bertz CT molecular complexity index is 505. The van der Waals surface area contributed by atoms with Gasteiger partial charge in [-0.05, 0) is 6.92 Å². The molecule has 0 aliphatic heterocycles. The van der Waals surface area contributed by atoms with Gasteiger partial charge >= 0.3 is 11.9 Å². The van der Waals surface area contributed by atoms with Crippen molar-refractivity contribution in [2.45, 2.75) is 13.3 Å². The average Bonchev–Trinajstić information content (AvgIpc) is 2.73. The highest BCUT2D eigenvalue weighted by atomic mass is 32.1. The lowest BCUT2D eigenvalue weighted by atomic mass is 10.2. The number of nitrogens with one attached hydrogen (secondary N) is 1. The highest BCUT2D eigenvalue weighted by Crippen LogP contribution is 2.36. The fourth-order valence-electron chi connectivity index (χ4n) is 1.39. The van der Waals surface area contributed by atoms with Gasteiger partial charge in [0.1, 0.15) is 15.4 Å². The molecule has 20 heavy (non-hydrogen) atoms. The molecule has 1 rings (SSSR count). The number of alkyl halides is 2. The Morgan fingerprint density at radius 3 is 2.55 bits per heavy atom. The van der Waals surface area contributed by atoms with E-state index in [-0.39, 0.29) is 27.7 Å². The molecular formula is C11H14F2N2O4S. The number of rotatable bonds is 6. The van der Waals surface area contributed by atoms with Gasteiger partial charge in [0.05, 0.1) is 25.9 Å². The fourth-order valence-corrected chi connectivity index (χ4v) is 2.40. The van der Waals surface area contributed by atoms with Gasteiger partial charge in [-0.25, -0.2) is 18.4 Å². The molecule has 0 saturated heterocycles. The molecule has 1 aromatic rings. The highest BCUT2D eigenvalue weighted by molar-refractivity contribution is 7.19. The topological polar surface area (TPSA) is 90.6 Å². The van der Waals surface area contributed by atoms with Crippen LogP contribution in [0.15, 0.2) is 0 Å². The molecule has 0 bridgehead atoms. The monoisotopic (exact) mass is 308 g/mol. The number of halogens is 2. The maximum absolute atomic E-state index is 12.2. The number of hydrogen-bond acceptors (Lipinski definition) is 7. The molecule has 0 aromatic carbocycles. The molecule has 0 aliphatic rings. The van der Waals surface area contributed by atoms with Crippen molar-refractivity contribution in [1.29, 1.82) is 0 Å². The summed E-state index contributed by atoms with van der Waals surface area (Å²) in [6.45, 7) is 1.06. The van der Waals surface area contributed by atoms with Gasteiger partial charge in [-0.15, -0.1) is 11.3 Å². The number of carbonyl (C=O) groups is 2. The number of carbonyl (C=O) groups excluding carboxylic acids is 2. The number of ether oxygens (including phenoxy) is 2. The molecule has 0 radical (unpaired) electrons. The smallest absolute Gasteiger partial charge is 0.350 e. The Kier molecular flexibility index (Phi) is 5.68. The van der Waals surface area contributed by atoms with E-state index in [9.17, 15) is 18.4 Å². The van der Waals surface area contributed by atoms with Crippen LogP contribution < -0.4 is 11.1 Å². The summed E-state index contributed by atoms with van der Waals surface area (Å²) in [5.74, 6) is -1.53. The van der Waals surface area contributed by atoms with Crippen LogP contribution in [-0.4, -0.2) is 38.6 Å². The number of nitrogen functional groups attached to an aromatic ring is 1. The summed E-state index contributed by atoms with van der Waals surface area (Å²) in [5.41, 5.74) is 5.42.